The van der Waals surface area contributed by atoms with E-state index in [9.17, 15) is 28.1 Å². The van der Waals surface area contributed by atoms with Gasteiger partial charge in [0.2, 0.25) is 0 Å². The fraction of sp³-hybridized carbons (Fsp3) is 0.278. The van der Waals surface area contributed by atoms with Gasteiger partial charge in [0.25, 0.3) is 11.6 Å². The highest BCUT2D eigenvalue weighted by atomic mass is 19.4. The molecule has 0 bridgehead atoms. The van der Waals surface area contributed by atoms with Crippen LogP contribution in [0.4, 0.5) is 24.5 Å². The summed E-state index contributed by atoms with van der Waals surface area (Å²) in [5.74, 6) is -0.783. The highest BCUT2D eigenvalue weighted by Gasteiger charge is 2.41. The van der Waals surface area contributed by atoms with Gasteiger partial charge in [-0.25, -0.2) is 0 Å². The summed E-state index contributed by atoms with van der Waals surface area (Å²) in [7, 11) is 0. The van der Waals surface area contributed by atoms with Gasteiger partial charge >= 0.3 is 6.18 Å². The van der Waals surface area contributed by atoms with E-state index in [0.29, 0.717) is 22.6 Å². The molecule has 0 unspecified atom stereocenters. The van der Waals surface area contributed by atoms with Crippen molar-refractivity contribution in [3.8, 4) is 0 Å². The standard InChI is InChI=1S/C18H16F3N3O3/c1-2-11-7-8-12(9-15(11)24(26)27)16-22-14-6-4-3-5-13(14)17(25)23(16)10-18(19,20)21/h3-9,16,22H,2,10H2,1H3/t16-/m0/s1. The van der Waals surface area contributed by atoms with Crippen LogP contribution in [0.2, 0.25) is 0 Å². The Kier molecular flexibility index (Phi) is 4.77. The predicted octanol–water partition coefficient (Wildman–Crippen LogP) is 4.29. The van der Waals surface area contributed by atoms with E-state index in [-0.39, 0.29) is 16.8 Å². The number of para-hydroxylation sites is 1. The van der Waals surface area contributed by atoms with E-state index in [2.05, 4.69) is 5.32 Å². The van der Waals surface area contributed by atoms with Gasteiger partial charge in [0.05, 0.1) is 10.5 Å². The van der Waals surface area contributed by atoms with Crippen LogP contribution in [0.1, 0.15) is 34.6 Å². The molecule has 0 saturated heterocycles. The molecule has 1 N–H and O–H groups in total. The third-order valence-electron chi connectivity index (χ3n) is 4.37. The number of halogens is 3. The molecular formula is C18H16F3N3O3. The van der Waals surface area contributed by atoms with E-state index in [1.165, 1.54) is 24.3 Å². The number of alkyl halides is 3. The van der Waals surface area contributed by atoms with Crippen LogP contribution in [0.25, 0.3) is 0 Å². The summed E-state index contributed by atoms with van der Waals surface area (Å²) >= 11 is 0. The summed E-state index contributed by atoms with van der Waals surface area (Å²) in [6.45, 7) is 0.276. The van der Waals surface area contributed by atoms with Crippen molar-refractivity contribution in [2.45, 2.75) is 25.7 Å². The van der Waals surface area contributed by atoms with Crippen LogP contribution >= 0.6 is 0 Å². The minimum atomic E-state index is -4.61. The average molecular weight is 379 g/mol. The maximum atomic E-state index is 13.1. The summed E-state index contributed by atoms with van der Waals surface area (Å²) < 4.78 is 39.2. The molecule has 1 heterocycles. The second-order valence-corrected chi connectivity index (χ2v) is 6.14. The number of amides is 1. The summed E-state index contributed by atoms with van der Waals surface area (Å²) in [4.78, 5) is 24.1. The summed E-state index contributed by atoms with van der Waals surface area (Å²) in [5.41, 5.74) is 1.00. The van der Waals surface area contributed by atoms with Gasteiger partial charge in [-0.15, -0.1) is 0 Å². The molecule has 6 nitrogen and oxygen atoms in total. The molecule has 0 fully saturated rings. The Balaban J connectivity index is 2.10. The van der Waals surface area contributed by atoms with Crippen LogP contribution < -0.4 is 5.32 Å². The van der Waals surface area contributed by atoms with Crippen LogP contribution in [-0.2, 0) is 6.42 Å². The number of rotatable bonds is 4. The molecule has 1 amide bonds. The fourth-order valence-electron chi connectivity index (χ4n) is 3.13. The maximum absolute atomic E-state index is 13.1. The molecule has 0 aromatic heterocycles. The monoisotopic (exact) mass is 379 g/mol. The number of nitrogens with one attached hydrogen (secondary N) is 1. The molecule has 1 aliphatic heterocycles. The lowest BCUT2D eigenvalue weighted by Gasteiger charge is -2.38. The van der Waals surface area contributed by atoms with Crippen LogP contribution in [0, 0.1) is 10.1 Å². The summed E-state index contributed by atoms with van der Waals surface area (Å²) in [6, 6.07) is 10.5. The van der Waals surface area contributed by atoms with E-state index in [1.807, 2.05) is 0 Å². The Bertz CT molecular complexity index is 899. The number of nitro benzene ring substituents is 1. The van der Waals surface area contributed by atoms with Crippen molar-refractivity contribution >= 4 is 17.3 Å². The number of anilines is 1. The minimum Gasteiger partial charge on any atom is -0.361 e. The van der Waals surface area contributed by atoms with Gasteiger partial charge in [0, 0.05) is 22.9 Å². The van der Waals surface area contributed by atoms with Crippen molar-refractivity contribution in [3.63, 3.8) is 0 Å². The molecule has 1 aliphatic rings. The zero-order chi connectivity index (χ0) is 19.8. The fourth-order valence-corrected chi connectivity index (χ4v) is 3.13. The Morgan fingerprint density at radius 3 is 2.56 bits per heavy atom. The molecule has 0 radical (unpaired) electrons. The topological polar surface area (TPSA) is 75.5 Å². The average Bonchev–Trinajstić information content (AvgIpc) is 2.62. The molecular weight excluding hydrogens is 363 g/mol. The number of fused-ring (bicyclic) bond motifs is 1. The Labute approximate surface area is 152 Å². The van der Waals surface area contributed by atoms with Gasteiger partial charge in [0.1, 0.15) is 12.7 Å². The molecule has 1 atom stereocenters. The van der Waals surface area contributed by atoms with Crippen LogP contribution in [0.3, 0.4) is 0 Å². The van der Waals surface area contributed by atoms with E-state index in [0.717, 1.165) is 0 Å². The number of hydrogen-bond donors (Lipinski definition) is 1. The number of aryl methyl sites for hydroxylation is 1. The molecule has 27 heavy (non-hydrogen) atoms. The Hall–Kier alpha value is -3.10. The molecule has 0 spiro atoms. The smallest absolute Gasteiger partial charge is 0.361 e. The molecule has 2 aromatic carbocycles. The van der Waals surface area contributed by atoms with Crippen molar-refractivity contribution < 1.29 is 22.9 Å². The number of hydrogen-bond acceptors (Lipinski definition) is 4. The molecule has 0 saturated carbocycles. The zero-order valence-electron chi connectivity index (χ0n) is 14.3. The van der Waals surface area contributed by atoms with Crippen molar-refractivity contribution in [2.24, 2.45) is 0 Å². The first kappa shape index (κ1) is 18.7. The number of nitrogens with zero attached hydrogens (tertiary/aromatic N) is 2. The molecule has 3 rings (SSSR count). The molecule has 142 valence electrons. The van der Waals surface area contributed by atoms with Crippen molar-refractivity contribution in [3.05, 3.63) is 69.3 Å². The van der Waals surface area contributed by atoms with Gasteiger partial charge in [-0.2, -0.15) is 13.2 Å². The lowest BCUT2D eigenvalue weighted by atomic mass is 10.0. The summed E-state index contributed by atoms with van der Waals surface area (Å²) in [6.07, 6.45) is -5.38. The molecule has 9 heteroatoms. The maximum Gasteiger partial charge on any atom is 0.406 e. The quantitative estimate of drug-likeness (QED) is 0.635. The van der Waals surface area contributed by atoms with E-state index < -0.39 is 29.7 Å². The third kappa shape index (κ3) is 3.71. The largest absolute Gasteiger partial charge is 0.406 e. The van der Waals surface area contributed by atoms with E-state index in [4.69, 9.17) is 0 Å². The highest BCUT2D eigenvalue weighted by molar-refractivity contribution is 6.01. The lowest BCUT2D eigenvalue weighted by Crippen LogP contribution is -2.47. The number of nitro groups is 1. The Morgan fingerprint density at radius 1 is 1.22 bits per heavy atom. The van der Waals surface area contributed by atoms with Gasteiger partial charge < -0.3 is 10.2 Å². The van der Waals surface area contributed by atoms with E-state index >= 15 is 0 Å². The number of carbonyl (C=O) groups excluding carboxylic acids is 1. The molecule has 0 aliphatic carbocycles. The second kappa shape index (κ2) is 6.90. The van der Waals surface area contributed by atoms with Gasteiger partial charge in [-0.3, -0.25) is 14.9 Å². The normalized spacial score (nSPS) is 16.7. The first-order valence-electron chi connectivity index (χ1n) is 8.21. The first-order chi connectivity index (χ1) is 12.7. The zero-order valence-corrected chi connectivity index (χ0v) is 14.3. The van der Waals surface area contributed by atoms with Crippen LogP contribution in [0.15, 0.2) is 42.5 Å². The van der Waals surface area contributed by atoms with Crippen molar-refractivity contribution in [1.29, 1.82) is 0 Å². The molecule has 2 aromatic rings. The first-order valence-corrected chi connectivity index (χ1v) is 8.21. The van der Waals surface area contributed by atoms with Gasteiger partial charge in [-0.1, -0.05) is 31.2 Å². The van der Waals surface area contributed by atoms with Gasteiger partial charge in [0.15, 0.2) is 0 Å². The minimum absolute atomic E-state index is 0.123. The second-order valence-electron chi connectivity index (χ2n) is 6.14. The predicted molar refractivity (Wildman–Crippen MR) is 92.4 cm³/mol. The SMILES string of the molecule is CCc1ccc([C@H]2Nc3ccccc3C(=O)N2CC(F)(F)F)cc1[N+](=O)[O-]. The van der Waals surface area contributed by atoms with Crippen LogP contribution in [-0.4, -0.2) is 28.5 Å². The van der Waals surface area contributed by atoms with Gasteiger partial charge in [-0.05, 0) is 18.6 Å². The van der Waals surface area contributed by atoms with Crippen molar-refractivity contribution in [1.82, 2.24) is 4.90 Å². The van der Waals surface area contributed by atoms with Crippen molar-refractivity contribution in [2.75, 3.05) is 11.9 Å². The van der Waals surface area contributed by atoms with Crippen LogP contribution in [0.5, 0.6) is 0 Å². The lowest BCUT2D eigenvalue weighted by molar-refractivity contribution is -0.385. The number of benzene rings is 2. The Morgan fingerprint density at radius 2 is 1.93 bits per heavy atom. The third-order valence-corrected chi connectivity index (χ3v) is 4.37. The number of carbonyl (C=O) groups is 1. The summed E-state index contributed by atoms with van der Waals surface area (Å²) in [5, 5.41) is 14.2. The highest BCUT2D eigenvalue weighted by Crippen LogP contribution is 2.36. The van der Waals surface area contributed by atoms with E-state index in [1.54, 1.807) is 25.1 Å².